The van der Waals surface area contributed by atoms with Crippen molar-refractivity contribution in [2.45, 2.75) is 259 Å². The van der Waals surface area contributed by atoms with E-state index in [1.54, 1.807) is 0 Å². The van der Waals surface area contributed by atoms with Gasteiger partial charge < -0.3 is 19.6 Å². The molecule has 0 amide bonds. The molecule has 0 bridgehead atoms. The maximum absolute atomic E-state index is 12.5. The Balaban J connectivity index is 0. The summed E-state index contributed by atoms with van der Waals surface area (Å²) in [4.78, 5) is 30.0. The van der Waals surface area contributed by atoms with Gasteiger partial charge >= 0.3 is 5.97 Å². The maximum atomic E-state index is 12.5. The number of guanidine groups is 1. The van der Waals surface area contributed by atoms with E-state index in [2.05, 4.69) is 42.9 Å². The molecule has 0 radical (unpaired) electrons. The van der Waals surface area contributed by atoms with Crippen molar-refractivity contribution in [2.24, 2.45) is 10.9 Å². The fourth-order valence-electron chi connectivity index (χ4n) is 8.19. The van der Waals surface area contributed by atoms with Crippen molar-refractivity contribution in [1.82, 2.24) is 15.1 Å². The first-order chi connectivity index (χ1) is 29.3. The standard InChI is InChI=1S/C50H99N5O2.CH2O2/c1-7-11-14-17-22-29-37-47(38-30-23-18-15-12-8-2)39-31-24-20-27-34-43-55(45-36-42-52-50(53-46-51)54(5)6)44-35-28-21-26-33-41-49(56)57-48(10-4)40-32-25-19-16-13-9-3;2-1-3/h47-48H,7-45H2,1-6H3,(H,52,53);1H,(H,2,3). The summed E-state index contributed by atoms with van der Waals surface area (Å²) in [5, 5.41) is 18.7. The second-order valence-electron chi connectivity index (χ2n) is 17.8. The monoisotopic (exact) mass is 848 g/mol. The van der Waals surface area contributed by atoms with E-state index in [0.717, 1.165) is 57.7 Å². The van der Waals surface area contributed by atoms with Crippen molar-refractivity contribution < 1.29 is 19.4 Å². The number of carboxylic acid groups (broad SMARTS) is 1. The highest BCUT2D eigenvalue weighted by molar-refractivity contribution is 5.80. The van der Waals surface area contributed by atoms with E-state index in [1.165, 1.54) is 193 Å². The number of ether oxygens (including phenoxy) is 1. The fraction of sp³-hybridized carbons (Fsp3) is 0.922. The van der Waals surface area contributed by atoms with E-state index < -0.39 is 0 Å². The second-order valence-corrected chi connectivity index (χ2v) is 17.8. The highest BCUT2D eigenvalue weighted by Crippen LogP contribution is 2.25. The molecule has 0 fully saturated rings. The molecular weight excluding hydrogens is 747 g/mol. The van der Waals surface area contributed by atoms with Crippen molar-refractivity contribution in [3.63, 3.8) is 0 Å². The van der Waals surface area contributed by atoms with E-state index in [9.17, 15) is 4.79 Å². The van der Waals surface area contributed by atoms with Crippen molar-refractivity contribution >= 4 is 18.4 Å². The Bertz CT molecular complexity index is 956. The Morgan fingerprint density at radius 3 is 1.42 bits per heavy atom. The minimum atomic E-state index is -0.250. The van der Waals surface area contributed by atoms with Crippen LogP contribution in [-0.2, 0) is 14.3 Å². The normalized spacial score (nSPS) is 11.9. The number of esters is 1. The van der Waals surface area contributed by atoms with Crippen LogP contribution in [0.15, 0.2) is 4.99 Å². The van der Waals surface area contributed by atoms with Crippen LogP contribution in [0.1, 0.15) is 252 Å². The van der Waals surface area contributed by atoms with Crippen LogP contribution in [0.25, 0.3) is 0 Å². The molecule has 0 aromatic rings. The molecule has 0 aliphatic carbocycles. The second kappa shape index (κ2) is 49.3. The van der Waals surface area contributed by atoms with Crippen molar-refractivity contribution in [3.05, 3.63) is 0 Å². The summed E-state index contributed by atoms with van der Waals surface area (Å²) < 4.78 is 5.83. The molecule has 0 saturated heterocycles. The summed E-state index contributed by atoms with van der Waals surface area (Å²) in [7, 11) is 3.84. The molecule has 0 aromatic carbocycles. The molecule has 0 aromatic heterocycles. The number of hydrogen-bond acceptors (Lipinski definition) is 6. The highest BCUT2D eigenvalue weighted by atomic mass is 16.5. The summed E-state index contributed by atoms with van der Waals surface area (Å²) in [6.45, 7) is 12.9. The zero-order valence-corrected chi connectivity index (χ0v) is 40.8. The van der Waals surface area contributed by atoms with Crippen LogP contribution >= 0.6 is 0 Å². The molecule has 0 saturated carbocycles. The largest absolute Gasteiger partial charge is 0.483 e. The van der Waals surface area contributed by atoms with Gasteiger partial charge in [-0.2, -0.15) is 5.26 Å². The summed E-state index contributed by atoms with van der Waals surface area (Å²) in [6.07, 6.45) is 47.2. The molecule has 60 heavy (non-hydrogen) atoms. The van der Waals surface area contributed by atoms with Gasteiger partial charge in [0.15, 0.2) is 6.19 Å². The number of nitrogens with one attached hydrogen (secondary N) is 1. The predicted octanol–water partition coefficient (Wildman–Crippen LogP) is 14.2. The van der Waals surface area contributed by atoms with Crippen LogP contribution in [0.5, 0.6) is 0 Å². The average molecular weight is 848 g/mol. The first-order valence-corrected chi connectivity index (χ1v) is 25.7. The van der Waals surface area contributed by atoms with Gasteiger partial charge in [-0.3, -0.25) is 19.9 Å². The average Bonchev–Trinajstić information content (AvgIpc) is 3.23. The van der Waals surface area contributed by atoms with Gasteiger partial charge in [0.25, 0.3) is 6.47 Å². The minimum Gasteiger partial charge on any atom is -0.483 e. The lowest BCUT2D eigenvalue weighted by Gasteiger charge is -2.22. The molecular formula is C51H101N5O4. The molecule has 9 heteroatoms. The van der Waals surface area contributed by atoms with Crippen LogP contribution < -0.4 is 5.32 Å². The first-order valence-electron chi connectivity index (χ1n) is 25.7. The molecule has 0 heterocycles. The highest BCUT2D eigenvalue weighted by Gasteiger charge is 2.13. The smallest absolute Gasteiger partial charge is 0.306 e. The van der Waals surface area contributed by atoms with Crippen LogP contribution in [0.4, 0.5) is 0 Å². The summed E-state index contributed by atoms with van der Waals surface area (Å²) >= 11 is 0. The fourth-order valence-corrected chi connectivity index (χ4v) is 8.19. The van der Waals surface area contributed by atoms with E-state index in [1.807, 2.05) is 25.2 Å². The third-order valence-corrected chi connectivity index (χ3v) is 12.0. The number of carbonyl (C=O) groups excluding carboxylic acids is 1. The van der Waals surface area contributed by atoms with E-state index in [0.29, 0.717) is 12.4 Å². The number of unbranched alkanes of at least 4 members (excludes halogenated alkanes) is 23. The number of nitriles is 1. The topological polar surface area (TPSA) is 118 Å². The van der Waals surface area contributed by atoms with Crippen LogP contribution in [0, 0.1) is 17.4 Å². The first kappa shape index (κ1) is 59.8. The number of aliphatic imine (C=N–C) groups is 1. The number of rotatable bonds is 43. The number of nitrogens with zero attached hydrogens (tertiary/aromatic N) is 4. The lowest BCUT2D eigenvalue weighted by molar-refractivity contribution is -0.149. The molecule has 0 rings (SSSR count). The summed E-state index contributed by atoms with van der Waals surface area (Å²) in [5.41, 5.74) is 0. The lowest BCUT2D eigenvalue weighted by Crippen LogP contribution is -2.34. The number of carbonyl (C=O) groups is 2. The Labute approximate surface area is 373 Å². The summed E-state index contributed by atoms with van der Waals surface area (Å²) in [6, 6.07) is 0. The van der Waals surface area contributed by atoms with E-state index in [-0.39, 0.29) is 18.5 Å². The van der Waals surface area contributed by atoms with Gasteiger partial charge in [0.1, 0.15) is 6.10 Å². The Morgan fingerprint density at radius 1 is 0.617 bits per heavy atom. The van der Waals surface area contributed by atoms with Crippen molar-refractivity contribution in [1.29, 1.82) is 5.26 Å². The van der Waals surface area contributed by atoms with Crippen molar-refractivity contribution in [2.75, 3.05) is 40.3 Å². The van der Waals surface area contributed by atoms with Crippen LogP contribution in [0.3, 0.4) is 0 Å². The molecule has 0 aliphatic rings. The molecule has 0 aliphatic heterocycles. The van der Waals surface area contributed by atoms with Gasteiger partial charge in [-0.15, -0.1) is 0 Å². The van der Waals surface area contributed by atoms with Gasteiger partial charge in [0.2, 0.25) is 5.96 Å². The molecule has 2 N–H and O–H groups in total. The maximum Gasteiger partial charge on any atom is 0.306 e. The van der Waals surface area contributed by atoms with Gasteiger partial charge in [0, 0.05) is 27.1 Å². The van der Waals surface area contributed by atoms with E-state index >= 15 is 0 Å². The van der Waals surface area contributed by atoms with Gasteiger partial charge in [0.05, 0.1) is 0 Å². The molecule has 1 atom stereocenters. The van der Waals surface area contributed by atoms with Crippen LogP contribution in [-0.4, -0.2) is 79.7 Å². The van der Waals surface area contributed by atoms with Gasteiger partial charge in [-0.05, 0) is 70.5 Å². The minimum absolute atomic E-state index is 0.00483. The summed E-state index contributed by atoms with van der Waals surface area (Å²) in [5.74, 6) is 1.60. The third kappa shape index (κ3) is 43.7. The predicted molar refractivity (Wildman–Crippen MR) is 258 cm³/mol. The van der Waals surface area contributed by atoms with Crippen LogP contribution in [0.2, 0.25) is 0 Å². The Kier molecular flexibility index (Phi) is 49.1. The quantitative estimate of drug-likeness (QED) is 0.0118. The number of hydrogen-bond donors (Lipinski definition) is 2. The SMILES string of the molecule is CCCCCCCCC(CCCCCCCC)CCCCCCCN(CCCCCCCC(=O)OC(CC)CCCCCCCC)CCCN=C(NC#N)N(C)C.O=CO. The Hall–Kier alpha value is -2.34. The molecule has 0 spiro atoms. The lowest BCUT2D eigenvalue weighted by atomic mass is 9.89. The third-order valence-electron chi connectivity index (χ3n) is 12.0. The zero-order valence-electron chi connectivity index (χ0n) is 40.8. The van der Waals surface area contributed by atoms with Gasteiger partial charge in [-0.25, -0.2) is 0 Å². The Morgan fingerprint density at radius 2 is 1.00 bits per heavy atom. The molecule has 1 unspecified atom stereocenters. The zero-order chi connectivity index (χ0) is 44.6. The van der Waals surface area contributed by atoms with E-state index in [4.69, 9.17) is 19.9 Å². The van der Waals surface area contributed by atoms with Gasteiger partial charge in [-0.1, -0.05) is 201 Å². The van der Waals surface area contributed by atoms with Crippen molar-refractivity contribution in [3.8, 4) is 6.19 Å². The molecule has 354 valence electrons. The molecule has 9 nitrogen and oxygen atoms in total.